The van der Waals surface area contributed by atoms with Crippen molar-refractivity contribution in [1.29, 1.82) is 0 Å². The zero-order valence-electron chi connectivity index (χ0n) is 14.3. The van der Waals surface area contributed by atoms with Crippen molar-refractivity contribution in [2.45, 2.75) is 39.2 Å². The predicted octanol–water partition coefficient (Wildman–Crippen LogP) is 3.67. The van der Waals surface area contributed by atoms with Gasteiger partial charge >= 0.3 is 0 Å². The highest BCUT2D eigenvalue weighted by Crippen LogP contribution is 2.35. The summed E-state index contributed by atoms with van der Waals surface area (Å²) in [6, 6.07) is 10.2. The molecule has 1 amide bonds. The molecular weight excluding hydrogens is 316 g/mol. The van der Waals surface area contributed by atoms with Crippen LogP contribution in [0.2, 0.25) is 0 Å². The number of hydrogen-bond acceptors (Lipinski definition) is 4. The Balaban J connectivity index is 1.68. The molecule has 1 aliphatic carbocycles. The second-order valence-electron chi connectivity index (χ2n) is 6.51. The molecule has 0 saturated carbocycles. The molecule has 1 aliphatic rings. The van der Waals surface area contributed by atoms with Crippen LogP contribution in [0.4, 0.5) is 5.82 Å². The van der Waals surface area contributed by atoms with Crippen molar-refractivity contribution >= 4 is 11.7 Å². The zero-order chi connectivity index (χ0) is 17.4. The van der Waals surface area contributed by atoms with Crippen molar-refractivity contribution < 1.29 is 9.32 Å². The second kappa shape index (κ2) is 6.20. The lowest BCUT2D eigenvalue weighted by Crippen LogP contribution is -2.22. The number of hydrogen-bond donors (Lipinski definition) is 1. The van der Waals surface area contributed by atoms with Gasteiger partial charge in [-0.05, 0) is 44.2 Å². The fourth-order valence-corrected chi connectivity index (χ4v) is 3.46. The summed E-state index contributed by atoms with van der Waals surface area (Å²) < 4.78 is 6.99. The fourth-order valence-electron chi connectivity index (χ4n) is 3.46. The molecule has 6 heteroatoms. The summed E-state index contributed by atoms with van der Waals surface area (Å²) in [6.07, 6.45) is 4.99. The lowest BCUT2D eigenvalue weighted by molar-refractivity contribution is 0.0986. The zero-order valence-corrected chi connectivity index (χ0v) is 14.3. The van der Waals surface area contributed by atoms with E-state index in [1.165, 1.54) is 11.1 Å². The van der Waals surface area contributed by atoms with Crippen LogP contribution in [0.15, 0.2) is 41.1 Å². The smallest absolute Gasteiger partial charge is 0.295 e. The average Bonchev–Trinajstić information content (AvgIpc) is 3.21. The molecule has 0 fully saturated rings. The number of nitrogens with one attached hydrogen (secondary N) is 1. The number of benzene rings is 1. The Morgan fingerprint density at radius 3 is 2.96 bits per heavy atom. The van der Waals surface area contributed by atoms with Crippen molar-refractivity contribution in [2.24, 2.45) is 0 Å². The van der Waals surface area contributed by atoms with Gasteiger partial charge in [-0.15, -0.1) is 0 Å². The molecule has 0 aliphatic heterocycles. The Morgan fingerprint density at radius 2 is 2.16 bits per heavy atom. The quantitative estimate of drug-likeness (QED) is 0.792. The maximum atomic E-state index is 12.5. The van der Waals surface area contributed by atoms with E-state index in [9.17, 15) is 4.79 Å². The predicted molar refractivity (Wildman–Crippen MR) is 93.7 cm³/mol. The molecule has 0 radical (unpaired) electrons. The first-order valence-electron chi connectivity index (χ1n) is 8.50. The van der Waals surface area contributed by atoms with Gasteiger partial charge in [0.1, 0.15) is 5.82 Å². The molecule has 0 unspecified atom stereocenters. The fraction of sp³-hybridized carbons (Fsp3) is 0.316. The van der Waals surface area contributed by atoms with Crippen LogP contribution in [0, 0.1) is 13.8 Å². The maximum Gasteiger partial charge on any atom is 0.295 e. The lowest BCUT2D eigenvalue weighted by Gasteiger charge is -2.27. The maximum absolute atomic E-state index is 12.5. The number of aryl methyl sites for hydroxylation is 3. The molecular formula is C19H20N4O2. The van der Waals surface area contributed by atoms with E-state index >= 15 is 0 Å². The number of amides is 1. The van der Waals surface area contributed by atoms with Crippen LogP contribution in [0.5, 0.6) is 0 Å². The molecule has 0 bridgehead atoms. The number of anilines is 1. The standard InChI is InChI=1S/C19H20N4O2/c1-12-11-20-23(16-9-5-7-14-6-3-4-8-15(14)16)18(12)21-19(24)17-10-13(2)22-25-17/h3-4,6,8,10-11,16H,5,7,9H2,1-2H3,(H,21,24)/t16-/m1/s1. The third kappa shape index (κ3) is 2.84. The molecule has 6 nitrogen and oxygen atoms in total. The van der Waals surface area contributed by atoms with E-state index in [1.54, 1.807) is 19.2 Å². The average molecular weight is 336 g/mol. The van der Waals surface area contributed by atoms with Gasteiger partial charge in [0.2, 0.25) is 5.76 Å². The van der Waals surface area contributed by atoms with Gasteiger partial charge in [0.25, 0.3) is 5.91 Å². The third-order valence-electron chi connectivity index (χ3n) is 4.70. The molecule has 128 valence electrons. The first-order valence-corrected chi connectivity index (χ1v) is 8.50. The summed E-state index contributed by atoms with van der Waals surface area (Å²) in [5.41, 5.74) is 4.24. The van der Waals surface area contributed by atoms with E-state index in [-0.39, 0.29) is 17.7 Å². The SMILES string of the molecule is Cc1cc(C(=O)Nc2c(C)cnn2[C@@H]2CCCc3ccccc32)on1. The van der Waals surface area contributed by atoms with Gasteiger partial charge in [-0.2, -0.15) is 5.10 Å². The monoisotopic (exact) mass is 336 g/mol. The minimum absolute atomic E-state index is 0.130. The number of aromatic nitrogens is 3. The second-order valence-corrected chi connectivity index (χ2v) is 6.51. The Kier molecular flexibility index (Phi) is 3.87. The summed E-state index contributed by atoms with van der Waals surface area (Å²) >= 11 is 0. The molecule has 4 rings (SSSR count). The first-order chi connectivity index (χ1) is 12.1. The van der Waals surface area contributed by atoms with Crippen LogP contribution < -0.4 is 5.32 Å². The molecule has 1 aromatic carbocycles. The molecule has 0 saturated heterocycles. The highest BCUT2D eigenvalue weighted by Gasteiger charge is 2.26. The molecule has 0 spiro atoms. The van der Waals surface area contributed by atoms with E-state index in [4.69, 9.17) is 4.52 Å². The number of carbonyl (C=O) groups excluding carboxylic acids is 1. The minimum atomic E-state index is -0.311. The minimum Gasteiger partial charge on any atom is -0.351 e. The molecule has 1 N–H and O–H groups in total. The third-order valence-corrected chi connectivity index (χ3v) is 4.70. The highest BCUT2D eigenvalue weighted by molar-refractivity contribution is 6.02. The van der Waals surface area contributed by atoms with Crippen LogP contribution in [0.1, 0.15) is 51.8 Å². The molecule has 3 aromatic rings. The van der Waals surface area contributed by atoms with Gasteiger partial charge in [0.15, 0.2) is 0 Å². The summed E-state index contributed by atoms with van der Waals surface area (Å²) in [4.78, 5) is 12.5. The largest absolute Gasteiger partial charge is 0.351 e. The first kappa shape index (κ1) is 15.6. The normalized spacial score (nSPS) is 16.5. The Morgan fingerprint density at radius 1 is 1.32 bits per heavy atom. The van der Waals surface area contributed by atoms with Crippen molar-refractivity contribution in [3.63, 3.8) is 0 Å². The van der Waals surface area contributed by atoms with Crippen molar-refractivity contribution in [1.82, 2.24) is 14.9 Å². The molecule has 2 heterocycles. The van der Waals surface area contributed by atoms with Crippen LogP contribution >= 0.6 is 0 Å². The van der Waals surface area contributed by atoms with Gasteiger partial charge in [-0.1, -0.05) is 29.4 Å². The lowest BCUT2D eigenvalue weighted by atomic mass is 9.88. The summed E-state index contributed by atoms with van der Waals surface area (Å²) in [5, 5.41) is 11.3. The van der Waals surface area contributed by atoms with Crippen molar-refractivity contribution in [2.75, 3.05) is 5.32 Å². The van der Waals surface area contributed by atoms with Gasteiger partial charge in [-0.25, -0.2) is 4.68 Å². The number of rotatable bonds is 3. The van der Waals surface area contributed by atoms with Crippen LogP contribution in [-0.2, 0) is 6.42 Å². The van der Waals surface area contributed by atoms with Crippen LogP contribution in [0.25, 0.3) is 0 Å². The van der Waals surface area contributed by atoms with E-state index < -0.39 is 0 Å². The Hall–Kier alpha value is -2.89. The molecule has 25 heavy (non-hydrogen) atoms. The van der Waals surface area contributed by atoms with Crippen LogP contribution in [0.3, 0.4) is 0 Å². The van der Waals surface area contributed by atoms with Crippen molar-refractivity contribution in [3.8, 4) is 0 Å². The van der Waals surface area contributed by atoms with Gasteiger partial charge in [0.05, 0.1) is 17.9 Å². The van der Waals surface area contributed by atoms with E-state index in [0.717, 1.165) is 24.8 Å². The van der Waals surface area contributed by atoms with E-state index in [1.807, 2.05) is 11.6 Å². The van der Waals surface area contributed by atoms with Gasteiger partial charge in [-0.3, -0.25) is 4.79 Å². The van der Waals surface area contributed by atoms with E-state index in [0.29, 0.717) is 11.5 Å². The Labute approximate surface area is 145 Å². The number of fused-ring (bicyclic) bond motifs is 1. The summed E-state index contributed by atoms with van der Waals surface area (Å²) in [6.45, 7) is 3.73. The summed E-state index contributed by atoms with van der Waals surface area (Å²) in [7, 11) is 0. The van der Waals surface area contributed by atoms with E-state index in [2.05, 4.69) is 39.8 Å². The van der Waals surface area contributed by atoms with Gasteiger partial charge < -0.3 is 9.84 Å². The number of carbonyl (C=O) groups is 1. The van der Waals surface area contributed by atoms with Crippen molar-refractivity contribution in [3.05, 3.63) is 64.7 Å². The summed E-state index contributed by atoms with van der Waals surface area (Å²) in [5.74, 6) is 0.601. The Bertz CT molecular complexity index is 925. The topological polar surface area (TPSA) is 73.0 Å². The molecule has 2 aromatic heterocycles. The van der Waals surface area contributed by atoms with Crippen LogP contribution in [-0.4, -0.2) is 20.8 Å². The molecule has 1 atom stereocenters. The number of nitrogens with zero attached hydrogens (tertiary/aromatic N) is 3. The van der Waals surface area contributed by atoms with Gasteiger partial charge in [0, 0.05) is 11.6 Å². The highest BCUT2D eigenvalue weighted by atomic mass is 16.5.